The molecule has 7 nitrogen and oxygen atoms in total. The fourth-order valence-electron chi connectivity index (χ4n) is 1.42. The summed E-state index contributed by atoms with van der Waals surface area (Å²) in [6, 6.07) is 5.10. The Labute approximate surface area is 148 Å². The maximum Gasteiger partial charge on any atom is 0.425 e. The van der Waals surface area contributed by atoms with Crippen LogP contribution in [-0.2, 0) is 4.74 Å². The van der Waals surface area contributed by atoms with Gasteiger partial charge in [0.25, 0.3) is 5.91 Å². The molecule has 2 amide bonds. The minimum absolute atomic E-state index is 0.0739. The molecular formula is C14H18BrN3O4S. The summed E-state index contributed by atoms with van der Waals surface area (Å²) in [5, 5.41) is 2.37. The van der Waals surface area contributed by atoms with E-state index in [2.05, 4.69) is 36.8 Å². The lowest BCUT2D eigenvalue weighted by molar-refractivity contribution is 0.0971. The van der Waals surface area contributed by atoms with E-state index >= 15 is 0 Å². The minimum Gasteiger partial charge on any atom is -0.492 e. The number of rotatable bonds is 4. The molecule has 0 saturated carbocycles. The van der Waals surface area contributed by atoms with Crippen molar-refractivity contribution in [2.24, 2.45) is 5.92 Å². The van der Waals surface area contributed by atoms with Gasteiger partial charge in [-0.05, 0) is 36.3 Å². The van der Waals surface area contributed by atoms with Crippen LogP contribution in [0.2, 0.25) is 0 Å². The summed E-state index contributed by atoms with van der Waals surface area (Å²) in [7, 11) is 1.21. The number of hydrogen-bond donors (Lipinski definition) is 3. The van der Waals surface area contributed by atoms with Crippen molar-refractivity contribution in [2.75, 3.05) is 13.7 Å². The highest BCUT2D eigenvalue weighted by Gasteiger charge is 2.15. The second-order valence-electron chi connectivity index (χ2n) is 4.87. The van der Waals surface area contributed by atoms with E-state index in [1.165, 1.54) is 7.11 Å². The number of nitrogens with one attached hydrogen (secondary N) is 3. The van der Waals surface area contributed by atoms with E-state index in [-0.39, 0.29) is 5.11 Å². The van der Waals surface area contributed by atoms with Crippen LogP contribution in [0, 0.1) is 5.92 Å². The average molecular weight is 404 g/mol. The van der Waals surface area contributed by atoms with Gasteiger partial charge in [0.1, 0.15) is 5.75 Å². The first-order valence-corrected chi connectivity index (χ1v) is 7.91. The van der Waals surface area contributed by atoms with Crippen molar-refractivity contribution in [1.82, 2.24) is 16.2 Å². The molecule has 23 heavy (non-hydrogen) atoms. The number of carbonyl (C=O) groups excluding carboxylic acids is 2. The Morgan fingerprint density at radius 3 is 2.61 bits per heavy atom. The topological polar surface area (TPSA) is 88.7 Å². The second kappa shape index (κ2) is 9.31. The maximum atomic E-state index is 12.3. The zero-order valence-electron chi connectivity index (χ0n) is 12.9. The normalized spacial score (nSPS) is 9.96. The SMILES string of the molecule is COC(=O)NNC(=S)NC(=O)c1cc(Br)ccc1OCC(C)C. The summed E-state index contributed by atoms with van der Waals surface area (Å²) in [5.74, 6) is 0.305. The van der Waals surface area contributed by atoms with E-state index < -0.39 is 12.0 Å². The number of hydrazine groups is 1. The molecule has 126 valence electrons. The van der Waals surface area contributed by atoms with Crippen LogP contribution in [-0.4, -0.2) is 30.8 Å². The lowest BCUT2D eigenvalue weighted by Crippen LogP contribution is -2.48. The van der Waals surface area contributed by atoms with Gasteiger partial charge in [0.15, 0.2) is 5.11 Å². The first-order chi connectivity index (χ1) is 10.8. The molecule has 0 aliphatic heterocycles. The standard InChI is InChI=1S/C14H18BrN3O4S/c1-8(2)7-22-11-5-4-9(15)6-10(11)12(19)16-13(23)17-18-14(20)21-3/h4-6,8H,7H2,1-3H3,(H,18,20)(H2,16,17,19,23). The quantitative estimate of drug-likeness (QED) is 0.528. The highest BCUT2D eigenvalue weighted by molar-refractivity contribution is 9.10. The number of hydrogen-bond acceptors (Lipinski definition) is 5. The zero-order chi connectivity index (χ0) is 17.4. The highest BCUT2D eigenvalue weighted by Crippen LogP contribution is 2.23. The van der Waals surface area contributed by atoms with Gasteiger partial charge in [0, 0.05) is 4.47 Å². The highest BCUT2D eigenvalue weighted by atomic mass is 79.9. The van der Waals surface area contributed by atoms with Gasteiger partial charge in [0.2, 0.25) is 0 Å². The van der Waals surface area contributed by atoms with Gasteiger partial charge in [-0.1, -0.05) is 29.8 Å². The second-order valence-corrected chi connectivity index (χ2v) is 6.19. The van der Waals surface area contributed by atoms with Crippen molar-refractivity contribution in [3.8, 4) is 5.75 Å². The number of carbonyl (C=O) groups is 2. The van der Waals surface area contributed by atoms with E-state index in [4.69, 9.17) is 17.0 Å². The van der Waals surface area contributed by atoms with Crippen LogP contribution in [0.5, 0.6) is 5.75 Å². The molecule has 0 unspecified atom stereocenters. The predicted octanol–water partition coefficient (Wildman–Crippen LogP) is 2.36. The van der Waals surface area contributed by atoms with Gasteiger partial charge in [-0.15, -0.1) is 0 Å². The summed E-state index contributed by atoms with van der Waals surface area (Å²) in [6.45, 7) is 4.50. The van der Waals surface area contributed by atoms with Crippen LogP contribution in [0.3, 0.4) is 0 Å². The molecule has 9 heteroatoms. The Hall–Kier alpha value is -1.87. The molecule has 0 heterocycles. The summed E-state index contributed by atoms with van der Waals surface area (Å²) >= 11 is 8.23. The van der Waals surface area contributed by atoms with E-state index in [0.717, 1.165) is 4.47 Å². The number of benzene rings is 1. The smallest absolute Gasteiger partial charge is 0.425 e. The molecule has 1 rings (SSSR count). The lowest BCUT2D eigenvalue weighted by atomic mass is 10.2. The molecule has 0 bridgehead atoms. The Morgan fingerprint density at radius 2 is 2.00 bits per heavy atom. The van der Waals surface area contributed by atoms with E-state index in [1.54, 1.807) is 18.2 Å². The Kier molecular flexibility index (Phi) is 7.76. The number of amides is 2. The Bertz CT molecular complexity index is 595. The number of halogens is 1. The Balaban J connectivity index is 2.75. The van der Waals surface area contributed by atoms with Crippen LogP contribution >= 0.6 is 28.1 Å². The van der Waals surface area contributed by atoms with Crippen molar-refractivity contribution in [3.05, 3.63) is 28.2 Å². The Morgan fingerprint density at radius 1 is 1.30 bits per heavy atom. The summed E-state index contributed by atoms with van der Waals surface area (Å²) in [4.78, 5) is 23.2. The summed E-state index contributed by atoms with van der Waals surface area (Å²) in [6.07, 6.45) is -0.731. The van der Waals surface area contributed by atoms with Crippen molar-refractivity contribution >= 4 is 45.3 Å². The molecule has 1 aromatic rings. The molecule has 3 N–H and O–H groups in total. The molecule has 0 aliphatic carbocycles. The van der Waals surface area contributed by atoms with Crippen LogP contribution in [0.15, 0.2) is 22.7 Å². The number of methoxy groups -OCH3 is 1. The molecular weight excluding hydrogens is 386 g/mol. The fraction of sp³-hybridized carbons (Fsp3) is 0.357. The summed E-state index contributed by atoms with van der Waals surface area (Å²) in [5.41, 5.74) is 4.81. The molecule has 0 aromatic heterocycles. The predicted molar refractivity (Wildman–Crippen MR) is 93.2 cm³/mol. The van der Waals surface area contributed by atoms with Gasteiger partial charge in [-0.2, -0.15) is 0 Å². The third kappa shape index (κ3) is 6.83. The minimum atomic E-state index is -0.731. The molecule has 0 saturated heterocycles. The van der Waals surface area contributed by atoms with Crippen molar-refractivity contribution in [3.63, 3.8) is 0 Å². The van der Waals surface area contributed by atoms with Gasteiger partial charge in [-0.25, -0.2) is 10.2 Å². The van der Waals surface area contributed by atoms with Gasteiger partial charge < -0.3 is 9.47 Å². The maximum absolute atomic E-state index is 12.3. The largest absolute Gasteiger partial charge is 0.492 e. The third-order valence-electron chi connectivity index (χ3n) is 2.45. The first kappa shape index (κ1) is 19.2. The van der Waals surface area contributed by atoms with Crippen LogP contribution in [0.25, 0.3) is 0 Å². The van der Waals surface area contributed by atoms with Crippen molar-refractivity contribution in [1.29, 1.82) is 0 Å². The van der Waals surface area contributed by atoms with Crippen LogP contribution < -0.4 is 20.9 Å². The van der Waals surface area contributed by atoms with Gasteiger partial charge >= 0.3 is 6.09 Å². The fourth-order valence-corrected chi connectivity index (χ4v) is 1.93. The first-order valence-electron chi connectivity index (χ1n) is 6.71. The molecule has 0 fully saturated rings. The van der Waals surface area contributed by atoms with Gasteiger partial charge in [0.05, 0.1) is 19.3 Å². The van der Waals surface area contributed by atoms with Crippen molar-refractivity contribution < 1.29 is 19.1 Å². The van der Waals surface area contributed by atoms with E-state index in [9.17, 15) is 9.59 Å². The molecule has 1 aromatic carbocycles. The zero-order valence-corrected chi connectivity index (χ0v) is 15.3. The monoisotopic (exact) mass is 403 g/mol. The molecule has 0 spiro atoms. The lowest BCUT2D eigenvalue weighted by Gasteiger charge is -2.14. The van der Waals surface area contributed by atoms with Crippen LogP contribution in [0.4, 0.5) is 4.79 Å². The van der Waals surface area contributed by atoms with Crippen LogP contribution in [0.1, 0.15) is 24.2 Å². The van der Waals surface area contributed by atoms with E-state index in [1.807, 2.05) is 13.8 Å². The number of ether oxygens (including phenoxy) is 2. The third-order valence-corrected chi connectivity index (χ3v) is 3.15. The van der Waals surface area contributed by atoms with Gasteiger partial charge in [-0.3, -0.25) is 15.5 Å². The average Bonchev–Trinajstić information content (AvgIpc) is 2.51. The van der Waals surface area contributed by atoms with Crippen molar-refractivity contribution in [2.45, 2.75) is 13.8 Å². The van der Waals surface area contributed by atoms with E-state index in [0.29, 0.717) is 23.8 Å². The molecule has 0 atom stereocenters. The molecule has 0 radical (unpaired) electrons. The number of thiocarbonyl (C=S) groups is 1. The molecule has 0 aliphatic rings. The summed E-state index contributed by atoms with van der Waals surface area (Å²) < 4.78 is 10.7.